The molecule has 0 aliphatic carbocycles. The minimum absolute atomic E-state index is 0.324. The first-order chi connectivity index (χ1) is 5.81. The maximum absolute atomic E-state index is 9.03. The molecule has 2 aliphatic heterocycles. The quantitative estimate of drug-likeness (QED) is 0.638. The van der Waals surface area contributed by atoms with E-state index in [4.69, 9.17) is 5.11 Å². The van der Waals surface area contributed by atoms with Gasteiger partial charge in [0.15, 0.2) is 0 Å². The van der Waals surface area contributed by atoms with Gasteiger partial charge in [-0.25, -0.2) is 0 Å². The summed E-state index contributed by atoms with van der Waals surface area (Å²) < 4.78 is 0. The zero-order chi connectivity index (χ0) is 8.55. The molecule has 2 rings (SSSR count). The van der Waals surface area contributed by atoms with Gasteiger partial charge in [-0.3, -0.25) is 0 Å². The van der Waals surface area contributed by atoms with Crippen LogP contribution in [0.2, 0.25) is 0 Å². The molecular weight excluding hydrogens is 170 g/mol. The van der Waals surface area contributed by atoms with Crippen molar-refractivity contribution in [2.75, 3.05) is 13.2 Å². The number of aliphatic hydroxyl groups excluding tert-OH is 1. The molecule has 2 fully saturated rings. The Bertz CT molecular complexity index is 195. The lowest BCUT2D eigenvalue weighted by Crippen LogP contribution is -2.33. The van der Waals surface area contributed by atoms with Crippen LogP contribution in [0.3, 0.4) is 0 Å². The lowest BCUT2D eigenvalue weighted by molar-refractivity contribution is 0.285. The summed E-state index contributed by atoms with van der Waals surface area (Å²) in [6.07, 6.45) is 2.34. The Morgan fingerprint density at radius 2 is 2.50 bits per heavy atom. The van der Waals surface area contributed by atoms with E-state index < -0.39 is 0 Å². The summed E-state index contributed by atoms with van der Waals surface area (Å²) in [5.74, 6) is 0.612. The van der Waals surface area contributed by atoms with Crippen LogP contribution >= 0.6 is 11.8 Å². The molecule has 0 saturated carbocycles. The fourth-order valence-electron chi connectivity index (χ4n) is 2.09. The fourth-order valence-corrected chi connectivity index (χ4v) is 3.71. The molecule has 68 valence electrons. The highest BCUT2D eigenvalue weighted by molar-refractivity contribution is 8.00. The van der Waals surface area contributed by atoms with Crippen molar-refractivity contribution in [3.8, 4) is 0 Å². The SMILES string of the molecule is C=C1NCCC2SC(CO)CC12. The zero-order valence-electron chi connectivity index (χ0n) is 7.12. The van der Waals surface area contributed by atoms with E-state index in [1.165, 1.54) is 12.1 Å². The smallest absolute Gasteiger partial charge is 0.0550 e. The van der Waals surface area contributed by atoms with Crippen molar-refractivity contribution in [2.45, 2.75) is 23.3 Å². The summed E-state index contributed by atoms with van der Waals surface area (Å²) in [7, 11) is 0. The molecule has 3 unspecified atom stereocenters. The topological polar surface area (TPSA) is 32.3 Å². The molecule has 0 radical (unpaired) electrons. The van der Waals surface area contributed by atoms with Gasteiger partial charge in [0.25, 0.3) is 0 Å². The summed E-state index contributed by atoms with van der Waals surface area (Å²) >= 11 is 1.95. The summed E-state index contributed by atoms with van der Waals surface area (Å²) in [6, 6.07) is 0. The molecule has 2 aliphatic rings. The number of nitrogens with one attached hydrogen (secondary N) is 1. The van der Waals surface area contributed by atoms with E-state index in [2.05, 4.69) is 11.9 Å². The molecule has 0 aromatic rings. The summed E-state index contributed by atoms with van der Waals surface area (Å²) in [5.41, 5.74) is 1.19. The number of aliphatic hydroxyl groups is 1. The Morgan fingerprint density at radius 1 is 1.67 bits per heavy atom. The molecule has 2 nitrogen and oxygen atoms in total. The van der Waals surface area contributed by atoms with E-state index in [9.17, 15) is 0 Å². The van der Waals surface area contributed by atoms with Gasteiger partial charge in [0, 0.05) is 28.7 Å². The highest BCUT2D eigenvalue weighted by Gasteiger charge is 2.37. The van der Waals surface area contributed by atoms with Gasteiger partial charge in [0.05, 0.1) is 6.61 Å². The van der Waals surface area contributed by atoms with Gasteiger partial charge in [-0.2, -0.15) is 11.8 Å². The molecule has 3 heteroatoms. The summed E-state index contributed by atoms with van der Waals surface area (Å²) in [4.78, 5) is 0. The Balaban J connectivity index is 2.04. The maximum atomic E-state index is 9.03. The second kappa shape index (κ2) is 3.30. The van der Waals surface area contributed by atoms with Crippen LogP contribution in [0.5, 0.6) is 0 Å². The predicted octanol–water partition coefficient (Wildman–Crippen LogP) is 0.976. The van der Waals surface area contributed by atoms with Crippen molar-refractivity contribution in [3.05, 3.63) is 12.3 Å². The van der Waals surface area contributed by atoms with Gasteiger partial charge < -0.3 is 10.4 Å². The van der Waals surface area contributed by atoms with E-state index in [1.807, 2.05) is 11.8 Å². The number of allylic oxidation sites excluding steroid dienone is 1. The van der Waals surface area contributed by atoms with Gasteiger partial charge in [-0.05, 0) is 12.8 Å². The monoisotopic (exact) mass is 185 g/mol. The van der Waals surface area contributed by atoms with Crippen LogP contribution in [-0.2, 0) is 0 Å². The van der Waals surface area contributed by atoms with Crippen LogP contribution in [-0.4, -0.2) is 28.8 Å². The number of hydrogen-bond acceptors (Lipinski definition) is 3. The predicted molar refractivity (Wildman–Crippen MR) is 52.1 cm³/mol. The zero-order valence-corrected chi connectivity index (χ0v) is 7.94. The molecule has 2 heterocycles. The van der Waals surface area contributed by atoms with Crippen molar-refractivity contribution < 1.29 is 5.11 Å². The maximum Gasteiger partial charge on any atom is 0.0550 e. The first-order valence-electron chi connectivity index (χ1n) is 4.50. The van der Waals surface area contributed by atoms with E-state index in [-0.39, 0.29) is 0 Å². The summed E-state index contributed by atoms with van der Waals surface area (Å²) in [5, 5.41) is 13.5. The van der Waals surface area contributed by atoms with E-state index in [0.717, 1.165) is 18.2 Å². The van der Waals surface area contributed by atoms with E-state index in [1.54, 1.807) is 0 Å². The van der Waals surface area contributed by atoms with Crippen LogP contribution in [0.15, 0.2) is 12.3 Å². The number of fused-ring (bicyclic) bond motifs is 1. The van der Waals surface area contributed by atoms with Crippen LogP contribution in [0.25, 0.3) is 0 Å². The number of hydrogen-bond donors (Lipinski definition) is 2. The first kappa shape index (κ1) is 8.45. The Labute approximate surface area is 77.4 Å². The van der Waals surface area contributed by atoms with Crippen molar-refractivity contribution in [1.29, 1.82) is 0 Å². The number of piperidine rings is 1. The highest BCUT2D eigenvalue weighted by Crippen LogP contribution is 2.43. The van der Waals surface area contributed by atoms with Crippen LogP contribution in [0.4, 0.5) is 0 Å². The third kappa shape index (κ3) is 1.36. The van der Waals surface area contributed by atoms with E-state index in [0.29, 0.717) is 17.8 Å². The van der Waals surface area contributed by atoms with Crippen molar-refractivity contribution in [1.82, 2.24) is 5.32 Å². The Hall–Kier alpha value is -0.150. The molecule has 0 bridgehead atoms. The second-order valence-electron chi connectivity index (χ2n) is 3.56. The molecule has 0 aromatic carbocycles. The van der Waals surface area contributed by atoms with Crippen LogP contribution < -0.4 is 5.32 Å². The number of thioether (sulfide) groups is 1. The minimum Gasteiger partial charge on any atom is -0.395 e. The molecule has 12 heavy (non-hydrogen) atoms. The van der Waals surface area contributed by atoms with Gasteiger partial charge >= 0.3 is 0 Å². The van der Waals surface area contributed by atoms with Crippen molar-refractivity contribution in [2.24, 2.45) is 5.92 Å². The third-order valence-corrected chi connectivity index (χ3v) is 4.41. The normalized spacial score (nSPS) is 40.8. The lowest BCUT2D eigenvalue weighted by Gasteiger charge is -2.27. The average molecular weight is 185 g/mol. The molecule has 2 N–H and O–H groups in total. The molecule has 0 spiro atoms. The van der Waals surface area contributed by atoms with Gasteiger partial charge in [-0.1, -0.05) is 6.58 Å². The van der Waals surface area contributed by atoms with Crippen LogP contribution in [0.1, 0.15) is 12.8 Å². The minimum atomic E-state index is 0.324. The van der Waals surface area contributed by atoms with Crippen LogP contribution in [0, 0.1) is 5.92 Å². The molecule has 3 atom stereocenters. The lowest BCUT2D eigenvalue weighted by atomic mass is 9.92. The third-order valence-electron chi connectivity index (χ3n) is 2.76. The average Bonchev–Trinajstić information content (AvgIpc) is 2.49. The standard InChI is InChI=1S/C9H15NOS/c1-6-8-4-7(5-11)12-9(8)2-3-10-6/h7-11H,1-5H2. The Kier molecular flexibility index (Phi) is 2.33. The Morgan fingerprint density at radius 3 is 3.17 bits per heavy atom. The highest BCUT2D eigenvalue weighted by atomic mass is 32.2. The number of rotatable bonds is 1. The van der Waals surface area contributed by atoms with Gasteiger partial charge in [0.1, 0.15) is 0 Å². The second-order valence-corrected chi connectivity index (χ2v) is 5.11. The van der Waals surface area contributed by atoms with Gasteiger partial charge in [-0.15, -0.1) is 0 Å². The molecule has 0 amide bonds. The fraction of sp³-hybridized carbons (Fsp3) is 0.778. The van der Waals surface area contributed by atoms with Gasteiger partial charge in [0.2, 0.25) is 0 Å². The largest absolute Gasteiger partial charge is 0.395 e. The van der Waals surface area contributed by atoms with Crippen molar-refractivity contribution in [3.63, 3.8) is 0 Å². The summed E-state index contributed by atoms with van der Waals surface area (Å²) in [6.45, 7) is 5.40. The van der Waals surface area contributed by atoms with Crippen molar-refractivity contribution >= 4 is 11.8 Å². The molecule has 2 saturated heterocycles. The van der Waals surface area contributed by atoms with E-state index >= 15 is 0 Å². The molecular formula is C9H15NOS. The first-order valence-corrected chi connectivity index (χ1v) is 5.44. The molecule has 0 aromatic heterocycles.